The number of pyridine rings is 1. The van der Waals surface area contributed by atoms with Gasteiger partial charge in [-0.2, -0.15) is 0 Å². The fraction of sp³-hybridized carbons (Fsp3) is 0.581. The summed E-state index contributed by atoms with van der Waals surface area (Å²) in [6.07, 6.45) is 12.3. The van der Waals surface area contributed by atoms with Crippen LogP contribution in [0, 0.1) is 40.7 Å². The van der Waals surface area contributed by atoms with Gasteiger partial charge < -0.3 is 11.1 Å². The van der Waals surface area contributed by atoms with Gasteiger partial charge in [-0.3, -0.25) is 14.6 Å². The molecule has 5 aliphatic carbocycles. The SMILES string of the molecule is NC(C(=O)NCC1(c2ccc(F)c(F)c2)CCCC1)C1C2CC3CC1CC(C(=O)Cc1ccncc1)(C3)C2. The van der Waals surface area contributed by atoms with Crippen LogP contribution in [0.5, 0.6) is 0 Å². The second kappa shape index (κ2) is 9.82. The zero-order valence-electron chi connectivity index (χ0n) is 21.8. The molecule has 1 heterocycles. The molecular weight excluding hydrogens is 484 g/mol. The number of ketones is 1. The van der Waals surface area contributed by atoms with Crippen molar-refractivity contribution >= 4 is 11.7 Å². The number of aromatic nitrogens is 1. The highest BCUT2D eigenvalue weighted by Gasteiger charge is 2.59. The van der Waals surface area contributed by atoms with Crippen LogP contribution < -0.4 is 11.1 Å². The van der Waals surface area contributed by atoms with Crippen LogP contribution in [-0.4, -0.2) is 29.3 Å². The van der Waals surface area contributed by atoms with E-state index in [1.54, 1.807) is 18.5 Å². The summed E-state index contributed by atoms with van der Waals surface area (Å²) in [7, 11) is 0. The van der Waals surface area contributed by atoms with Gasteiger partial charge in [0.15, 0.2) is 11.6 Å². The first-order valence-electron chi connectivity index (χ1n) is 14.2. The summed E-state index contributed by atoms with van der Waals surface area (Å²) in [6.45, 7) is 0.379. The van der Waals surface area contributed by atoms with Gasteiger partial charge in [0.25, 0.3) is 0 Å². The van der Waals surface area contributed by atoms with E-state index in [9.17, 15) is 18.4 Å². The molecule has 5 aliphatic rings. The molecule has 0 spiro atoms. The van der Waals surface area contributed by atoms with Crippen molar-refractivity contribution in [1.82, 2.24) is 10.3 Å². The molecule has 5 nitrogen and oxygen atoms in total. The van der Waals surface area contributed by atoms with Gasteiger partial charge in [-0.05, 0) is 104 Å². The Morgan fingerprint density at radius 3 is 2.34 bits per heavy atom. The number of halogens is 2. The van der Waals surface area contributed by atoms with E-state index in [0.29, 0.717) is 24.7 Å². The number of nitrogens with one attached hydrogen (secondary N) is 1. The summed E-state index contributed by atoms with van der Waals surface area (Å²) >= 11 is 0. The van der Waals surface area contributed by atoms with E-state index in [0.717, 1.165) is 68.9 Å². The lowest BCUT2D eigenvalue weighted by Crippen LogP contribution is -2.61. The van der Waals surface area contributed by atoms with E-state index in [1.165, 1.54) is 12.1 Å². The van der Waals surface area contributed by atoms with Crippen molar-refractivity contribution in [3.05, 3.63) is 65.5 Å². The first-order valence-corrected chi connectivity index (χ1v) is 14.2. The summed E-state index contributed by atoms with van der Waals surface area (Å²) in [6, 6.07) is 7.32. The third-order valence-corrected chi connectivity index (χ3v) is 10.5. The molecule has 202 valence electrons. The fourth-order valence-corrected chi connectivity index (χ4v) is 8.86. The van der Waals surface area contributed by atoms with Crippen molar-refractivity contribution in [3.63, 3.8) is 0 Å². The number of carbonyl (C=O) groups excluding carboxylic acids is 2. The van der Waals surface area contributed by atoms with Crippen LogP contribution in [0.15, 0.2) is 42.7 Å². The van der Waals surface area contributed by atoms with Crippen LogP contribution in [0.3, 0.4) is 0 Å². The van der Waals surface area contributed by atoms with E-state index in [1.807, 2.05) is 12.1 Å². The first kappa shape index (κ1) is 25.6. The number of rotatable bonds is 8. The van der Waals surface area contributed by atoms with Crippen LogP contribution in [0.4, 0.5) is 8.78 Å². The highest BCUT2D eigenvalue weighted by molar-refractivity contribution is 5.87. The molecule has 1 aromatic carbocycles. The number of nitrogens with zero attached hydrogens (tertiary/aromatic N) is 1. The maximum Gasteiger partial charge on any atom is 0.237 e. The normalized spacial score (nSPS) is 31.8. The number of Topliss-reactive ketones (excluding diaryl/α,β-unsaturated/α-hetero) is 1. The molecule has 0 saturated heterocycles. The summed E-state index contributed by atoms with van der Waals surface area (Å²) in [5, 5.41) is 3.12. The lowest BCUT2D eigenvalue weighted by molar-refractivity contribution is -0.153. The Bertz CT molecular complexity index is 1200. The van der Waals surface area contributed by atoms with E-state index in [2.05, 4.69) is 10.3 Å². The molecule has 1 amide bonds. The molecule has 4 bridgehead atoms. The van der Waals surface area contributed by atoms with Gasteiger partial charge in [0.2, 0.25) is 5.91 Å². The van der Waals surface area contributed by atoms with Gasteiger partial charge >= 0.3 is 0 Å². The molecule has 7 rings (SSSR count). The Morgan fingerprint density at radius 1 is 1.00 bits per heavy atom. The summed E-state index contributed by atoms with van der Waals surface area (Å²) in [5.41, 5.74) is 7.76. The van der Waals surface area contributed by atoms with Crippen molar-refractivity contribution in [1.29, 1.82) is 0 Å². The van der Waals surface area contributed by atoms with Gasteiger partial charge in [-0.15, -0.1) is 0 Å². The molecule has 5 fully saturated rings. The van der Waals surface area contributed by atoms with Crippen LogP contribution >= 0.6 is 0 Å². The Morgan fingerprint density at radius 2 is 1.68 bits per heavy atom. The first-order chi connectivity index (χ1) is 18.3. The molecule has 1 aromatic heterocycles. The molecule has 5 saturated carbocycles. The zero-order valence-corrected chi connectivity index (χ0v) is 21.8. The minimum Gasteiger partial charge on any atom is -0.354 e. The number of amides is 1. The Kier molecular flexibility index (Phi) is 6.61. The lowest BCUT2D eigenvalue weighted by Gasteiger charge is -2.60. The molecule has 7 heteroatoms. The third kappa shape index (κ3) is 4.47. The van der Waals surface area contributed by atoms with Gasteiger partial charge in [0, 0.05) is 36.2 Å². The van der Waals surface area contributed by atoms with Crippen LogP contribution in [0.1, 0.15) is 68.9 Å². The molecule has 0 aliphatic heterocycles. The molecule has 0 radical (unpaired) electrons. The van der Waals surface area contributed by atoms with E-state index in [4.69, 9.17) is 5.73 Å². The number of carbonyl (C=O) groups is 2. The average molecular weight is 522 g/mol. The zero-order chi connectivity index (χ0) is 26.5. The predicted molar refractivity (Wildman–Crippen MR) is 140 cm³/mol. The van der Waals surface area contributed by atoms with Crippen molar-refractivity contribution in [2.24, 2.45) is 34.8 Å². The molecule has 3 N–H and O–H groups in total. The topological polar surface area (TPSA) is 85.1 Å². The van der Waals surface area contributed by atoms with Crippen LogP contribution in [0.25, 0.3) is 0 Å². The largest absolute Gasteiger partial charge is 0.354 e. The highest BCUT2D eigenvalue weighted by Crippen LogP contribution is 2.63. The second-order valence-electron chi connectivity index (χ2n) is 12.6. The van der Waals surface area contributed by atoms with Crippen molar-refractivity contribution < 1.29 is 18.4 Å². The molecule has 3 unspecified atom stereocenters. The fourth-order valence-electron chi connectivity index (χ4n) is 8.86. The number of benzene rings is 1. The minimum atomic E-state index is -0.855. The van der Waals surface area contributed by atoms with Crippen molar-refractivity contribution in [2.45, 2.75) is 75.7 Å². The molecular formula is C31H37F2N3O2. The van der Waals surface area contributed by atoms with Crippen molar-refractivity contribution in [3.8, 4) is 0 Å². The average Bonchev–Trinajstić information content (AvgIpc) is 3.39. The number of hydrogen-bond donors (Lipinski definition) is 2. The highest BCUT2D eigenvalue weighted by atomic mass is 19.2. The summed E-state index contributed by atoms with van der Waals surface area (Å²) in [4.78, 5) is 31.1. The van der Waals surface area contributed by atoms with Gasteiger partial charge in [-0.1, -0.05) is 18.9 Å². The maximum atomic E-state index is 14.0. The predicted octanol–water partition coefficient (Wildman–Crippen LogP) is 4.87. The maximum absolute atomic E-state index is 14.0. The van der Waals surface area contributed by atoms with E-state index in [-0.39, 0.29) is 29.1 Å². The Balaban J connectivity index is 1.14. The quantitative estimate of drug-likeness (QED) is 0.519. The summed E-state index contributed by atoms with van der Waals surface area (Å²) < 4.78 is 27.6. The standard InChI is InChI=1S/C31H37F2N3O2/c32-24-4-3-23(14-25(24)33)30(7-1-2-8-30)18-36-29(38)28(34)27-21-11-20-12-22(27)17-31(15-20,16-21)26(37)13-19-5-9-35-10-6-19/h3-6,9-10,14,20-22,27-28H,1-2,7-8,11-13,15-18,34H2,(H,36,38). The minimum absolute atomic E-state index is 0.0798. The second-order valence-corrected chi connectivity index (χ2v) is 12.6. The third-order valence-electron chi connectivity index (χ3n) is 10.5. The smallest absolute Gasteiger partial charge is 0.237 e. The van der Waals surface area contributed by atoms with E-state index >= 15 is 0 Å². The number of hydrogen-bond acceptors (Lipinski definition) is 4. The van der Waals surface area contributed by atoms with Gasteiger partial charge in [-0.25, -0.2) is 8.78 Å². The lowest BCUT2D eigenvalue weighted by atomic mass is 9.44. The Labute approximate surface area is 223 Å². The van der Waals surface area contributed by atoms with E-state index < -0.39 is 23.1 Å². The molecule has 38 heavy (non-hydrogen) atoms. The Hall–Kier alpha value is -2.67. The van der Waals surface area contributed by atoms with Crippen LogP contribution in [0.2, 0.25) is 0 Å². The monoisotopic (exact) mass is 521 g/mol. The summed E-state index contributed by atoms with van der Waals surface area (Å²) in [5.74, 6) is -0.343. The van der Waals surface area contributed by atoms with Gasteiger partial charge in [0.1, 0.15) is 5.78 Å². The van der Waals surface area contributed by atoms with Crippen LogP contribution in [-0.2, 0) is 21.4 Å². The molecule has 2 aromatic rings. The van der Waals surface area contributed by atoms with Gasteiger partial charge in [0.05, 0.1) is 6.04 Å². The number of nitrogens with two attached hydrogens (primary N) is 1. The molecule has 3 atom stereocenters. The van der Waals surface area contributed by atoms with Crippen molar-refractivity contribution in [2.75, 3.05) is 6.54 Å².